The van der Waals surface area contributed by atoms with Crippen molar-refractivity contribution in [2.45, 2.75) is 76.1 Å². The van der Waals surface area contributed by atoms with Crippen LogP contribution in [0, 0.1) is 5.92 Å². The van der Waals surface area contributed by atoms with E-state index >= 15 is 0 Å². The minimum Gasteiger partial charge on any atom is -0.325 e. The van der Waals surface area contributed by atoms with E-state index < -0.39 is 26.3 Å². The van der Waals surface area contributed by atoms with Crippen LogP contribution in [0.2, 0.25) is 0 Å². The maximum Gasteiger partial charge on any atom is 0.416 e. The number of alkyl halides is 3. The topological polar surface area (TPSA) is 97.0 Å². The molecule has 0 amide bonds. The molecule has 0 saturated carbocycles. The summed E-state index contributed by atoms with van der Waals surface area (Å²) in [6.07, 6.45) is 0.972. The molecule has 0 bridgehead atoms. The van der Waals surface area contributed by atoms with Gasteiger partial charge < -0.3 is 4.98 Å². The summed E-state index contributed by atoms with van der Waals surface area (Å²) in [5, 5.41) is 0. The SMILES string of the molecule is CC(=O)c1c[nH]c(=O)cn1.CCCC(CCC)C(C)(C)S(=O)(=O)c1cccc(C(F)(F)F)c1. The Morgan fingerprint density at radius 1 is 1.12 bits per heavy atom. The lowest BCUT2D eigenvalue weighted by molar-refractivity contribution is -0.137. The van der Waals surface area contributed by atoms with Gasteiger partial charge >= 0.3 is 6.18 Å². The van der Waals surface area contributed by atoms with E-state index in [1.807, 2.05) is 13.8 Å². The molecule has 0 fully saturated rings. The van der Waals surface area contributed by atoms with Crippen LogP contribution in [0.25, 0.3) is 0 Å². The molecular weight excluding hydrogens is 457 g/mol. The predicted octanol–water partition coefficient (Wildman–Crippen LogP) is 5.45. The molecule has 10 heteroatoms. The third-order valence-electron chi connectivity index (χ3n) is 5.45. The van der Waals surface area contributed by atoms with Crippen LogP contribution in [0.1, 0.15) is 76.4 Å². The molecule has 1 N–H and O–H groups in total. The summed E-state index contributed by atoms with van der Waals surface area (Å²) >= 11 is 0. The zero-order valence-electron chi connectivity index (χ0n) is 19.5. The Kier molecular flexibility index (Phi) is 10.0. The highest BCUT2D eigenvalue weighted by atomic mass is 32.2. The average molecular weight is 489 g/mol. The van der Waals surface area contributed by atoms with E-state index in [0.717, 1.165) is 50.1 Å². The van der Waals surface area contributed by atoms with Crippen molar-refractivity contribution in [2.24, 2.45) is 5.92 Å². The number of aromatic nitrogens is 2. The average Bonchev–Trinajstić information content (AvgIpc) is 2.73. The highest BCUT2D eigenvalue weighted by Crippen LogP contribution is 2.39. The van der Waals surface area contributed by atoms with Gasteiger partial charge in [-0.05, 0) is 50.8 Å². The molecule has 2 rings (SSSR count). The molecule has 0 aliphatic rings. The Morgan fingerprint density at radius 2 is 1.70 bits per heavy atom. The largest absolute Gasteiger partial charge is 0.416 e. The van der Waals surface area contributed by atoms with Crippen molar-refractivity contribution in [2.75, 3.05) is 0 Å². The molecule has 1 aromatic heterocycles. The van der Waals surface area contributed by atoms with Gasteiger partial charge in [0.2, 0.25) is 0 Å². The number of benzene rings is 1. The number of nitrogens with one attached hydrogen (secondary N) is 1. The first kappa shape index (κ1) is 28.5. The van der Waals surface area contributed by atoms with Gasteiger partial charge in [0.1, 0.15) is 5.69 Å². The van der Waals surface area contributed by atoms with Crippen molar-refractivity contribution in [1.29, 1.82) is 0 Å². The number of hydrogen-bond acceptors (Lipinski definition) is 5. The molecule has 0 atom stereocenters. The standard InChI is InChI=1S/C17H25F3O2S.C6H6N2O2/c1-5-8-13(9-6-2)16(3,4)23(21,22)15-11-7-10-14(12-15)17(18,19)20;1-4(9)5-2-8-6(10)3-7-5/h7,10-13H,5-6,8-9H2,1-4H3;2-3H,1H3,(H,8,10). The lowest BCUT2D eigenvalue weighted by Gasteiger charge is -2.34. The van der Waals surface area contributed by atoms with Gasteiger partial charge in [-0.15, -0.1) is 0 Å². The van der Waals surface area contributed by atoms with E-state index in [0.29, 0.717) is 0 Å². The van der Waals surface area contributed by atoms with Crippen molar-refractivity contribution in [3.63, 3.8) is 0 Å². The summed E-state index contributed by atoms with van der Waals surface area (Å²) < 4.78 is 63.4. The molecule has 184 valence electrons. The summed E-state index contributed by atoms with van der Waals surface area (Å²) in [5.74, 6) is -0.242. The quantitative estimate of drug-likeness (QED) is 0.499. The van der Waals surface area contributed by atoms with Crippen molar-refractivity contribution in [3.8, 4) is 0 Å². The molecule has 0 unspecified atom stereocenters. The summed E-state index contributed by atoms with van der Waals surface area (Å²) in [6, 6.07) is 4.04. The van der Waals surface area contributed by atoms with Crippen molar-refractivity contribution in [1.82, 2.24) is 9.97 Å². The van der Waals surface area contributed by atoms with Crippen LogP contribution in [0.5, 0.6) is 0 Å². The molecule has 1 aromatic carbocycles. The number of Topliss-reactive ketones (excluding diaryl/α,β-unsaturated/α-hetero) is 1. The summed E-state index contributed by atoms with van der Waals surface area (Å²) in [6.45, 7) is 8.60. The van der Waals surface area contributed by atoms with Crippen LogP contribution in [0.4, 0.5) is 13.2 Å². The molecular formula is C23H31F3N2O4S. The number of carbonyl (C=O) groups excluding carboxylic acids is 1. The van der Waals surface area contributed by atoms with E-state index in [-0.39, 0.29) is 27.8 Å². The molecule has 0 radical (unpaired) electrons. The monoisotopic (exact) mass is 488 g/mol. The fraction of sp³-hybridized carbons (Fsp3) is 0.522. The van der Waals surface area contributed by atoms with E-state index in [4.69, 9.17) is 0 Å². The zero-order valence-corrected chi connectivity index (χ0v) is 20.3. The van der Waals surface area contributed by atoms with E-state index in [9.17, 15) is 31.2 Å². The fourth-order valence-electron chi connectivity index (χ4n) is 3.43. The van der Waals surface area contributed by atoms with E-state index in [1.165, 1.54) is 19.2 Å². The Labute approximate surface area is 192 Å². The number of ketones is 1. The Balaban J connectivity index is 0.000000451. The minimum absolute atomic E-state index is 0.0861. The van der Waals surface area contributed by atoms with Gasteiger partial charge in [0.15, 0.2) is 15.6 Å². The number of nitrogens with zero attached hydrogens (tertiary/aromatic N) is 1. The Bertz CT molecular complexity index is 1070. The van der Waals surface area contributed by atoms with Crippen molar-refractivity contribution >= 4 is 15.6 Å². The minimum atomic E-state index is -4.55. The molecule has 0 aliphatic heterocycles. The Morgan fingerprint density at radius 3 is 2.12 bits per heavy atom. The molecule has 0 aliphatic carbocycles. The third kappa shape index (κ3) is 7.52. The summed E-state index contributed by atoms with van der Waals surface area (Å²) in [5.41, 5.74) is -0.957. The van der Waals surface area contributed by atoms with E-state index in [1.54, 1.807) is 13.8 Å². The second-order valence-corrected chi connectivity index (χ2v) is 10.8. The second-order valence-electron chi connectivity index (χ2n) is 8.26. The number of aromatic amines is 1. The van der Waals surface area contributed by atoms with Crippen LogP contribution in [0.15, 0.2) is 46.3 Å². The second kappa shape index (κ2) is 11.6. The Hall–Kier alpha value is -2.49. The molecule has 6 nitrogen and oxygen atoms in total. The first-order valence-electron chi connectivity index (χ1n) is 10.7. The van der Waals surface area contributed by atoms with Gasteiger partial charge in [-0.1, -0.05) is 32.8 Å². The maximum absolute atomic E-state index is 13.0. The van der Waals surface area contributed by atoms with Gasteiger partial charge in [-0.25, -0.2) is 13.4 Å². The molecule has 1 heterocycles. The number of hydrogen-bond donors (Lipinski definition) is 1. The summed E-state index contributed by atoms with van der Waals surface area (Å²) in [4.78, 5) is 26.7. The predicted molar refractivity (Wildman–Crippen MR) is 121 cm³/mol. The lowest BCUT2D eigenvalue weighted by Crippen LogP contribution is -2.40. The number of sulfone groups is 1. The van der Waals surface area contributed by atoms with Crippen molar-refractivity contribution in [3.05, 3.63) is 58.3 Å². The van der Waals surface area contributed by atoms with Gasteiger partial charge in [-0.3, -0.25) is 9.59 Å². The maximum atomic E-state index is 13.0. The smallest absolute Gasteiger partial charge is 0.325 e. The van der Waals surface area contributed by atoms with Crippen LogP contribution in [0.3, 0.4) is 0 Å². The molecule has 33 heavy (non-hydrogen) atoms. The highest BCUT2D eigenvalue weighted by Gasteiger charge is 2.42. The zero-order chi connectivity index (χ0) is 25.4. The normalized spacial score (nSPS) is 12.3. The lowest BCUT2D eigenvalue weighted by atomic mass is 9.87. The van der Waals surface area contributed by atoms with Gasteiger partial charge in [0, 0.05) is 13.1 Å². The van der Waals surface area contributed by atoms with Crippen molar-refractivity contribution < 1.29 is 26.4 Å². The van der Waals surface area contributed by atoms with Crippen LogP contribution < -0.4 is 5.56 Å². The van der Waals surface area contributed by atoms with Crippen LogP contribution in [-0.4, -0.2) is 28.9 Å². The third-order valence-corrected chi connectivity index (χ3v) is 8.05. The fourth-order valence-corrected chi connectivity index (χ4v) is 5.26. The van der Waals surface area contributed by atoms with Gasteiger partial charge in [-0.2, -0.15) is 13.2 Å². The first-order valence-corrected chi connectivity index (χ1v) is 12.1. The summed E-state index contributed by atoms with van der Waals surface area (Å²) in [7, 11) is -3.86. The number of carbonyl (C=O) groups is 1. The number of halogens is 3. The first-order chi connectivity index (χ1) is 15.2. The molecule has 0 spiro atoms. The highest BCUT2D eigenvalue weighted by molar-refractivity contribution is 7.92. The number of H-pyrrole nitrogens is 1. The van der Waals surface area contributed by atoms with Gasteiger partial charge in [0.25, 0.3) is 5.56 Å². The van der Waals surface area contributed by atoms with Crippen LogP contribution >= 0.6 is 0 Å². The molecule has 0 saturated heterocycles. The number of rotatable bonds is 8. The van der Waals surface area contributed by atoms with Crippen LogP contribution in [-0.2, 0) is 16.0 Å². The van der Waals surface area contributed by atoms with E-state index in [2.05, 4.69) is 9.97 Å². The van der Waals surface area contributed by atoms with Gasteiger partial charge in [0.05, 0.1) is 21.4 Å². The molecule has 2 aromatic rings.